The highest BCUT2D eigenvalue weighted by atomic mass is 35.5. The predicted molar refractivity (Wildman–Crippen MR) is 98.9 cm³/mol. The van der Waals surface area contributed by atoms with E-state index in [-0.39, 0.29) is 5.56 Å². The Morgan fingerprint density at radius 1 is 1.22 bits per heavy atom. The van der Waals surface area contributed by atoms with Gasteiger partial charge < -0.3 is 4.98 Å². The number of nitrogens with zero attached hydrogens (tertiary/aromatic N) is 1. The van der Waals surface area contributed by atoms with Crippen LogP contribution in [0.4, 0.5) is 0 Å². The zero-order valence-electron chi connectivity index (χ0n) is 13.5. The number of thiophene rings is 1. The summed E-state index contributed by atoms with van der Waals surface area (Å²) in [6.45, 7) is 6.24. The molecule has 3 rings (SSSR count). The van der Waals surface area contributed by atoms with Crippen LogP contribution in [-0.4, -0.2) is 15.8 Å². The summed E-state index contributed by atoms with van der Waals surface area (Å²) < 4.78 is 0. The Balaban J connectivity index is 2.20. The maximum atomic E-state index is 12.6. The number of hydrogen-bond donors (Lipinski definition) is 1. The number of nitrogens with one attached hydrogen (secondary N) is 1. The molecule has 0 fully saturated rings. The lowest BCUT2D eigenvalue weighted by molar-refractivity contribution is 0.843. The van der Waals surface area contributed by atoms with E-state index in [0.717, 1.165) is 33.1 Å². The fraction of sp³-hybridized carbons (Fsp3) is 0.333. The fourth-order valence-corrected chi connectivity index (χ4v) is 3.96. The number of fused-ring (bicyclic) bond motifs is 1. The minimum atomic E-state index is -0.0582. The second kappa shape index (κ2) is 6.46. The number of hydrogen-bond acceptors (Lipinski definition) is 3. The smallest absolute Gasteiger partial charge is 0.260 e. The van der Waals surface area contributed by atoms with Gasteiger partial charge in [-0.3, -0.25) is 4.79 Å². The maximum absolute atomic E-state index is 12.6. The zero-order chi connectivity index (χ0) is 16.6. The van der Waals surface area contributed by atoms with E-state index in [4.69, 9.17) is 11.6 Å². The number of aromatic nitrogens is 2. The van der Waals surface area contributed by atoms with E-state index in [0.29, 0.717) is 17.7 Å². The molecule has 0 amide bonds. The van der Waals surface area contributed by atoms with Crippen LogP contribution in [0, 0.1) is 20.8 Å². The van der Waals surface area contributed by atoms with Crippen molar-refractivity contribution in [3.63, 3.8) is 0 Å². The highest BCUT2D eigenvalue weighted by molar-refractivity contribution is 7.19. The van der Waals surface area contributed by atoms with Crippen LogP contribution in [-0.2, 0) is 6.42 Å². The first kappa shape index (κ1) is 16.2. The largest absolute Gasteiger partial charge is 0.310 e. The van der Waals surface area contributed by atoms with Crippen LogP contribution < -0.4 is 5.56 Å². The van der Waals surface area contributed by atoms with Gasteiger partial charge in [-0.2, -0.15) is 0 Å². The third-order valence-corrected chi connectivity index (χ3v) is 5.40. The molecule has 120 valence electrons. The number of alkyl halides is 1. The summed E-state index contributed by atoms with van der Waals surface area (Å²) in [7, 11) is 0. The summed E-state index contributed by atoms with van der Waals surface area (Å²) in [6.07, 6.45) is 1.51. The first-order valence-electron chi connectivity index (χ1n) is 7.67. The van der Waals surface area contributed by atoms with Crippen molar-refractivity contribution in [2.75, 3.05) is 5.88 Å². The molecule has 1 aromatic carbocycles. The predicted octanol–water partition coefficient (Wildman–Crippen LogP) is 4.75. The second-order valence-corrected chi connectivity index (χ2v) is 7.40. The zero-order valence-corrected chi connectivity index (χ0v) is 15.1. The van der Waals surface area contributed by atoms with Crippen LogP contribution in [0.3, 0.4) is 0 Å². The molecule has 1 N–H and O–H groups in total. The molecule has 0 unspecified atom stereocenters. The minimum Gasteiger partial charge on any atom is -0.310 e. The van der Waals surface area contributed by atoms with Crippen molar-refractivity contribution in [3.8, 4) is 11.1 Å². The van der Waals surface area contributed by atoms with Gasteiger partial charge in [-0.05, 0) is 43.9 Å². The van der Waals surface area contributed by atoms with Crippen LogP contribution in [0.1, 0.15) is 28.2 Å². The van der Waals surface area contributed by atoms with Gasteiger partial charge in [-0.1, -0.05) is 18.2 Å². The van der Waals surface area contributed by atoms with Gasteiger partial charge in [-0.15, -0.1) is 22.9 Å². The summed E-state index contributed by atoms with van der Waals surface area (Å²) in [5, 5.41) is 0.699. The summed E-state index contributed by atoms with van der Waals surface area (Å²) in [6, 6.07) is 6.33. The average molecular weight is 347 g/mol. The Bertz CT molecular complexity index is 927. The SMILES string of the molecule is Cc1ccc(-c2c(C)sc3nc(CCCCl)[nH]c(=O)c23)cc1C. The van der Waals surface area contributed by atoms with Gasteiger partial charge in [0.2, 0.25) is 0 Å². The molecule has 2 aromatic heterocycles. The molecule has 0 atom stereocenters. The first-order chi connectivity index (χ1) is 11.0. The molecule has 0 aliphatic rings. The summed E-state index contributed by atoms with van der Waals surface area (Å²) in [4.78, 5) is 22.1. The molecule has 0 spiro atoms. The lowest BCUT2D eigenvalue weighted by atomic mass is 9.99. The number of aromatic amines is 1. The Kier molecular flexibility index (Phi) is 4.55. The average Bonchev–Trinajstić information content (AvgIpc) is 2.84. The molecular formula is C18H19ClN2OS. The number of benzene rings is 1. The van der Waals surface area contributed by atoms with Gasteiger partial charge in [0.05, 0.1) is 5.39 Å². The molecule has 0 saturated heterocycles. The van der Waals surface area contributed by atoms with Crippen molar-refractivity contribution in [2.45, 2.75) is 33.6 Å². The van der Waals surface area contributed by atoms with E-state index in [1.807, 2.05) is 0 Å². The Hall–Kier alpha value is -1.65. The Morgan fingerprint density at radius 3 is 2.70 bits per heavy atom. The van der Waals surface area contributed by atoms with Gasteiger partial charge in [0.1, 0.15) is 10.7 Å². The summed E-state index contributed by atoms with van der Waals surface area (Å²) >= 11 is 7.31. The van der Waals surface area contributed by atoms with Gasteiger partial charge in [0.25, 0.3) is 5.56 Å². The highest BCUT2D eigenvalue weighted by Gasteiger charge is 2.16. The number of aryl methyl sites for hydroxylation is 4. The van der Waals surface area contributed by atoms with Gasteiger partial charge in [0.15, 0.2) is 0 Å². The Morgan fingerprint density at radius 2 is 2.00 bits per heavy atom. The van der Waals surface area contributed by atoms with Gasteiger partial charge in [-0.25, -0.2) is 4.98 Å². The number of halogens is 1. The van der Waals surface area contributed by atoms with Crippen LogP contribution in [0.2, 0.25) is 0 Å². The van der Waals surface area contributed by atoms with Crippen LogP contribution in [0.5, 0.6) is 0 Å². The van der Waals surface area contributed by atoms with Crippen molar-refractivity contribution in [2.24, 2.45) is 0 Å². The maximum Gasteiger partial charge on any atom is 0.260 e. The van der Waals surface area contributed by atoms with Gasteiger partial charge >= 0.3 is 0 Å². The van der Waals surface area contributed by atoms with Gasteiger partial charge in [0, 0.05) is 22.7 Å². The molecule has 3 aromatic rings. The standard InChI is InChI=1S/C18H19ClN2OS/c1-10-6-7-13(9-11(10)2)15-12(3)23-18-16(15)17(22)20-14(21-18)5-4-8-19/h6-7,9H,4-5,8H2,1-3H3,(H,20,21,22). The first-order valence-corrected chi connectivity index (χ1v) is 9.02. The highest BCUT2D eigenvalue weighted by Crippen LogP contribution is 2.36. The summed E-state index contributed by atoms with van der Waals surface area (Å²) in [5.41, 5.74) is 4.51. The number of rotatable bonds is 4. The van der Waals surface area contributed by atoms with Crippen molar-refractivity contribution < 1.29 is 0 Å². The topological polar surface area (TPSA) is 45.8 Å². The molecule has 0 radical (unpaired) electrons. The fourth-order valence-electron chi connectivity index (χ4n) is 2.76. The molecule has 5 heteroatoms. The second-order valence-electron chi connectivity index (χ2n) is 5.82. The lowest BCUT2D eigenvalue weighted by Gasteiger charge is -2.06. The molecule has 0 bridgehead atoms. The molecule has 2 heterocycles. The van der Waals surface area contributed by atoms with E-state index in [1.54, 1.807) is 11.3 Å². The molecule has 0 saturated carbocycles. The number of H-pyrrole nitrogens is 1. The third-order valence-electron chi connectivity index (χ3n) is 4.13. The van der Waals surface area contributed by atoms with Crippen LogP contribution in [0.25, 0.3) is 21.3 Å². The van der Waals surface area contributed by atoms with E-state index >= 15 is 0 Å². The lowest BCUT2D eigenvalue weighted by Crippen LogP contribution is -2.11. The molecule has 0 aliphatic carbocycles. The molecule has 0 aliphatic heterocycles. The normalized spacial score (nSPS) is 11.3. The van der Waals surface area contributed by atoms with E-state index in [1.165, 1.54) is 11.1 Å². The quantitative estimate of drug-likeness (QED) is 0.693. The van der Waals surface area contributed by atoms with E-state index in [9.17, 15) is 4.79 Å². The monoisotopic (exact) mass is 346 g/mol. The van der Waals surface area contributed by atoms with E-state index in [2.05, 4.69) is 48.9 Å². The minimum absolute atomic E-state index is 0.0582. The Labute approximate surface area is 144 Å². The van der Waals surface area contributed by atoms with Crippen molar-refractivity contribution in [3.05, 3.63) is 50.4 Å². The summed E-state index contributed by atoms with van der Waals surface area (Å²) in [5.74, 6) is 1.29. The van der Waals surface area contributed by atoms with Crippen LogP contribution >= 0.6 is 22.9 Å². The van der Waals surface area contributed by atoms with Crippen molar-refractivity contribution >= 4 is 33.2 Å². The molecule has 3 nitrogen and oxygen atoms in total. The van der Waals surface area contributed by atoms with E-state index < -0.39 is 0 Å². The molecular weight excluding hydrogens is 328 g/mol. The van der Waals surface area contributed by atoms with Crippen molar-refractivity contribution in [1.29, 1.82) is 0 Å². The van der Waals surface area contributed by atoms with Crippen LogP contribution in [0.15, 0.2) is 23.0 Å². The molecule has 23 heavy (non-hydrogen) atoms. The van der Waals surface area contributed by atoms with Crippen molar-refractivity contribution in [1.82, 2.24) is 9.97 Å². The third kappa shape index (κ3) is 3.06.